The molecule has 0 unspecified atom stereocenters. The van der Waals surface area contributed by atoms with Crippen LogP contribution in [-0.2, 0) is 18.3 Å². The fourth-order valence-corrected chi connectivity index (χ4v) is 6.28. The minimum absolute atomic E-state index is 0.140. The van der Waals surface area contributed by atoms with Crippen LogP contribution in [0, 0.1) is 13.8 Å². The van der Waals surface area contributed by atoms with E-state index in [-0.39, 0.29) is 5.41 Å². The van der Waals surface area contributed by atoms with Gasteiger partial charge in [-0.2, -0.15) is 0 Å². The predicted molar refractivity (Wildman–Crippen MR) is 189 cm³/mol. The average Bonchev–Trinajstić information content (AvgIpc) is 3.06. The zero-order valence-electron chi connectivity index (χ0n) is 26.5. The number of hydrogen-bond donors (Lipinski definition) is 0. The molecule has 44 heavy (non-hydrogen) atoms. The van der Waals surface area contributed by atoms with Crippen molar-refractivity contribution in [2.75, 3.05) is 0 Å². The summed E-state index contributed by atoms with van der Waals surface area (Å²) in [6.07, 6.45) is 3.26. The molecule has 0 atom stereocenters. The minimum atomic E-state index is -0.140. The van der Waals surface area contributed by atoms with Gasteiger partial charge >= 0.3 is 0 Å². The Kier molecular flexibility index (Phi) is 8.62. The highest BCUT2D eigenvalue weighted by molar-refractivity contribution is 5.78. The minimum Gasteiger partial charge on any atom is -0.0622 e. The molecular formula is C44H42. The summed E-state index contributed by atoms with van der Waals surface area (Å²) in [5.74, 6) is 0. The van der Waals surface area contributed by atoms with E-state index in [0.29, 0.717) is 0 Å². The van der Waals surface area contributed by atoms with E-state index < -0.39 is 0 Å². The first-order valence-corrected chi connectivity index (χ1v) is 15.9. The van der Waals surface area contributed by atoms with Gasteiger partial charge in [0.15, 0.2) is 0 Å². The fraction of sp³-hybridized carbons (Fsp3) is 0.182. The molecule has 0 spiro atoms. The van der Waals surface area contributed by atoms with Crippen molar-refractivity contribution in [2.24, 2.45) is 0 Å². The quantitative estimate of drug-likeness (QED) is 0.162. The molecule has 0 heteroatoms. The van der Waals surface area contributed by atoms with Gasteiger partial charge < -0.3 is 0 Å². The topological polar surface area (TPSA) is 0 Å². The van der Waals surface area contributed by atoms with Crippen molar-refractivity contribution in [3.63, 3.8) is 0 Å². The normalized spacial score (nSPS) is 11.5. The second kappa shape index (κ2) is 12.9. The van der Waals surface area contributed by atoms with E-state index in [2.05, 4.69) is 173 Å². The third kappa shape index (κ3) is 6.46. The molecular weight excluding hydrogens is 528 g/mol. The third-order valence-corrected chi connectivity index (χ3v) is 9.21. The first-order chi connectivity index (χ1) is 21.4. The Morgan fingerprint density at radius 3 is 1.70 bits per heavy atom. The van der Waals surface area contributed by atoms with Crippen LogP contribution in [-0.4, -0.2) is 0 Å². The molecule has 0 radical (unpaired) electrons. The molecule has 0 fully saturated rings. The van der Waals surface area contributed by atoms with Crippen LogP contribution in [0.25, 0.3) is 33.4 Å². The summed E-state index contributed by atoms with van der Waals surface area (Å²) in [6.45, 7) is 9.09. The van der Waals surface area contributed by atoms with Crippen molar-refractivity contribution in [3.05, 3.63) is 179 Å². The van der Waals surface area contributed by atoms with E-state index >= 15 is 0 Å². The van der Waals surface area contributed by atoms with Gasteiger partial charge in [0.05, 0.1) is 0 Å². The van der Waals surface area contributed by atoms with Crippen molar-refractivity contribution in [1.29, 1.82) is 0 Å². The smallest absolute Gasteiger partial charge is 0.0146 e. The maximum Gasteiger partial charge on any atom is 0.0146 e. The van der Waals surface area contributed by atoms with Crippen LogP contribution in [0.5, 0.6) is 0 Å². The van der Waals surface area contributed by atoms with E-state index in [4.69, 9.17) is 0 Å². The zero-order valence-corrected chi connectivity index (χ0v) is 26.5. The standard InChI is InChI=1S/C44H42/c1-32-18-21-36(22-19-32)37-25-28-40(29-26-37)44(3,4)41-27-20-33(2)42(31-41)43-30-39(35-15-9-6-10-16-35)24-23-38(43)17-11-14-34-12-7-5-8-13-34/h5-10,12-13,15-16,18-31H,11,14,17H2,1-4H3. The fourth-order valence-electron chi connectivity index (χ4n) is 6.28. The van der Waals surface area contributed by atoms with Crippen LogP contribution in [0.1, 0.15) is 53.6 Å². The molecule has 218 valence electrons. The Labute approximate surface area is 264 Å². The third-order valence-electron chi connectivity index (χ3n) is 9.21. The molecule has 0 aliphatic rings. The summed E-state index contributed by atoms with van der Waals surface area (Å²) in [7, 11) is 0. The molecule has 0 saturated carbocycles. The maximum atomic E-state index is 2.45. The number of benzene rings is 6. The SMILES string of the molecule is Cc1ccc(-c2ccc(C(C)(C)c3ccc(C)c(-c4cc(-c5ccccc5)ccc4CCCc4ccccc4)c3)cc2)cc1. The van der Waals surface area contributed by atoms with Gasteiger partial charge in [-0.15, -0.1) is 0 Å². The molecule has 6 rings (SSSR count). The van der Waals surface area contributed by atoms with E-state index in [1.54, 1.807) is 0 Å². The lowest BCUT2D eigenvalue weighted by molar-refractivity contribution is 0.641. The van der Waals surface area contributed by atoms with Crippen LogP contribution in [0.4, 0.5) is 0 Å². The van der Waals surface area contributed by atoms with Gasteiger partial charge in [-0.3, -0.25) is 0 Å². The molecule has 0 bridgehead atoms. The molecule has 0 N–H and O–H groups in total. The molecule has 0 aromatic heterocycles. The van der Waals surface area contributed by atoms with Crippen molar-refractivity contribution in [3.8, 4) is 33.4 Å². The van der Waals surface area contributed by atoms with Crippen LogP contribution >= 0.6 is 0 Å². The summed E-state index contributed by atoms with van der Waals surface area (Å²) < 4.78 is 0. The second-order valence-electron chi connectivity index (χ2n) is 12.7. The zero-order chi connectivity index (χ0) is 30.5. The summed E-state index contributed by atoms with van der Waals surface area (Å²) >= 11 is 0. The van der Waals surface area contributed by atoms with Crippen molar-refractivity contribution in [2.45, 2.75) is 52.4 Å². The molecule has 6 aromatic rings. The summed E-state index contributed by atoms with van der Waals surface area (Å²) in [4.78, 5) is 0. The van der Waals surface area contributed by atoms with E-state index in [0.717, 1.165) is 19.3 Å². The monoisotopic (exact) mass is 570 g/mol. The van der Waals surface area contributed by atoms with Gasteiger partial charge in [-0.05, 0) is 106 Å². The summed E-state index contributed by atoms with van der Waals surface area (Å²) in [5, 5.41) is 0. The Balaban J connectivity index is 1.35. The molecule has 0 amide bonds. The first-order valence-electron chi connectivity index (χ1n) is 15.9. The Hall–Kier alpha value is -4.68. The van der Waals surface area contributed by atoms with Crippen LogP contribution in [0.3, 0.4) is 0 Å². The number of hydrogen-bond acceptors (Lipinski definition) is 0. The number of rotatable bonds is 9. The van der Waals surface area contributed by atoms with E-state index in [1.165, 1.54) is 66.8 Å². The predicted octanol–water partition coefficient (Wildman–Crippen LogP) is 11.8. The summed E-state index contributed by atoms with van der Waals surface area (Å²) in [5.41, 5.74) is 15.7. The number of aryl methyl sites for hydroxylation is 4. The summed E-state index contributed by atoms with van der Waals surface area (Å²) in [6, 6.07) is 53.7. The first kappa shape index (κ1) is 29.4. The molecule has 0 nitrogen and oxygen atoms in total. The maximum absolute atomic E-state index is 2.45. The van der Waals surface area contributed by atoms with Crippen LogP contribution in [0.15, 0.2) is 146 Å². The van der Waals surface area contributed by atoms with E-state index in [9.17, 15) is 0 Å². The highest BCUT2D eigenvalue weighted by Crippen LogP contribution is 2.38. The highest BCUT2D eigenvalue weighted by Gasteiger charge is 2.24. The lowest BCUT2D eigenvalue weighted by Gasteiger charge is -2.28. The second-order valence-corrected chi connectivity index (χ2v) is 12.7. The Morgan fingerprint density at radius 1 is 0.455 bits per heavy atom. The lowest BCUT2D eigenvalue weighted by atomic mass is 9.76. The Morgan fingerprint density at radius 2 is 1.02 bits per heavy atom. The Bertz CT molecular complexity index is 1820. The molecule has 0 heterocycles. The molecule has 6 aromatic carbocycles. The van der Waals surface area contributed by atoms with E-state index in [1.807, 2.05) is 0 Å². The van der Waals surface area contributed by atoms with Crippen molar-refractivity contribution in [1.82, 2.24) is 0 Å². The van der Waals surface area contributed by atoms with Gasteiger partial charge in [0.1, 0.15) is 0 Å². The van der Waals surface area contributed by atoms with Gasteiger partial charge in [0.25, 0.3) is 0 Å². The largest absolute Gasteiger partial charge is 0.0622 e. The van der Waals surface area contributed by atoms with Gasteiger partial charge in [-0.1, -0.05) is 153 Å². The van der Waals surface area contributed by atoms with Gasteiger partial charge in [-0.25, -0.2) is 0 Å². The molecule has 0 saturated heterocycles. The van der Waals surface area contributed by atoms with Crippen molar-refractivity contribution >= 4 is 0 Å². The molecule has 0 aliphatic heterocycles. The van der Waals surface area contributed by atoms with Gasteiger partial charge in [0.2, 0.25) is 0 Å². The van der Waals surface area contributed by atoms with Crippen LogP contribution < -0.4 is 0 Å². The van der Waals surface area contributed by atoms with Gasteiger partial charge in [0, 0.05) is 5.41 Å². The van der Waals surface area contributed by atoms with Crippen molar-refractivity contribution < 1.29 is 0 Å². The lowest BCUT2D eigenvalue weighted by Crippen LogP contribution is -2.19. The van der Waals surface area contributed by atoms with Crippen LogP contribution in [0.2, 0.25) is 0 Å². The highest BCUT2D eigenvalue weighted by atomic mass is 14.3. The average molecular weight is 571 g/mol. The molecule has 0 aliphatic carbocycles.